The van der Waals surface area contributed by atoms with E-state index in [1.807, 2.05) is 0 Å². The molecule has 1 unspecified atom stereocenters. The van der Waals surface area contributed by atoms with Gasteiger partial charge in [0.15, 0.2) is 4.90 Å². The third kappa shape index (κ3) is 3.49. The smallest absolute Gasteiger partial charge is 0.289 e. The van der Waals surface area contributed by atoms with Crippen LogP contribution in [0.1, 0.15) is 6.92 Å². The Kier molecular flexibility index (Phi) is 4.76. The van der Waals surface area contributed by atoms with Crippen LogP contribution < -0.4 is 10.0 Å². The Bertz CT molecular complexity index is 530. The fourth-order valence-electron chi connectivity index (χ4n) is 1.25. The van der Waals surface area contributed by atoms with Crippen molar-refractivity contribution < 1.29 is 13.3 Å². The van der Waals surface area contributed by atoms with Gasteiger partial charge < -0.3 is 5.32 Å². The average molecular weight is 273 g/mol. The van der Waals surface area contributed by atoms with E-state index in [2.05, 4.69) is 10.0 Å². The number of likely N-dealkylation sites (N-methyl/N-ethyl adjacent to an activating group) is 1. The maximum absolute atomic E-state index is 11.9. The summed E-state index contributed by atoms with van der Waals surface area (Å²) in [6.07, 6.45) is 0. The number of hydrogen-bond donors (Lipinski definition) is 2. The number of nitro benzene ring substituents is 1. The van der Waals surface area contributed by atoms with Crippen molar-refractivity contribution in [3.8, 4) is 0 Å². The van der Waals surface area contributed by atoms with Crippen molar-refractivity contribution in [3.05, 3.63) is 34.4 Å². The second-order valence-corrected chi connectivity index (χ2v) is 5.50. The minimum Gasteiger partial charge on any atom is -0.316 e. The molecule has 8 heteroatoms. The lowest BCUT2D eigenvalue weighted by Gasteiger charge is -2.11. The maximum atomic E-state index is 11.9. The minimum atomic E-state index is -3.87. The highest BCUT2D eigenvalue weighted by atomic mass is 32.2. The molecule has 0 aliphatic heterocycles. The summed E-state index contributed by atoms with van der Waals surface area (Å²) in [5, 5.41) is 13.6. The number of nitrogens with one attached hydrogen (secondary N) is 2. The van der Waals surface area contributed by atoms with Crippen LogP contribution in [0.2, 0.25) is 0 Å². The van der Waals surface area contributed by atoms with E-state index in [-0.39, 0.29) is 17.5 Å². The summed E-state index contributed by atoms with van der Waals surface area (Å²) in [5.74, 6) is 0. The Hall–Kier alpha value is -1.51. The van der Waals surface area contributed by atoms with E-state index in [1.165, 1.54) is 18.2 Å². The summed E-state index contributed by atoms with van der Waals surface area (Å²) in [4.78, 5) is 9.73. The molecule has 0 amide bonds. The van der Waals surface area contributed by atoms with E-state index in [0.29, 0.717) is 0 Å². The molecule has 18 heavy (non-hydrogen) atoms. The highest BCUT2D eigenvalue weighted by Gasteiger charge is 2.24. The van der Waals surface area contributed by atoms with Crippen molar-refractivity contribution in [2.75, 3.05) is 13.6 Å². The van der Waals surface area contributed by atoms with Gasteiger partial charge >= 0.3 is 0 Å². The van der Waals surface area contributed by atoms with Gasteiger partial charge in [0.1, 0.15) is 0 Å². The van der Waals surface area contributed by atoms with Gasteiger partial charge in [-0.05, 0) is 20.0 Å². The fourth-order valence-corrected chi connectivity index (χ4v) is 2.55. The monoisotopic (exact) mass is 273 g/mol. The van der Waals surface area contributed by atoms with E-state index >= 15 is 0 Å². The van der Waals surface area contributed by atoms with Gasteiger partial charge in [-0.25, -0.2) is 13.1 Å². The number of benzene rings is 1. The zero-order valence-corrected chi connectivity index (χ0v) is 10.9. The largest absolute Gasteiger partial charge is 0.316 e. The summed E-state index contributed by atoms with van der Waals surface area (Å²) in [5.41, 5.74) is -0.429. The van der Waals surface area contributed by atoms with E-state index in [1.54, 1.807) is 14.0 Å². The Labute approximate surface area is 105 Å². The predicted molar refractivity (Wildman–Crippen MR) is 66.8 cm³/mol. The number of hydrogen-bond acceptors (Lipinski definition) is 5. The van der Waals surface area contributed by atoms with Gasteiger partial charge in [-0.1, -0.05) is 12.1 Å². The molecule has 0 fully saturated rings. The summed E-state index contributed by atoms with van der Waals surface area (Å²) < 4.78 is 26.2. The van der Waals surface area contributed by atoms with Crippen LogP contribution in [-0.2, 0) is 10.0 Å². The Morgan fingerprint density at radius 1 is 1.39 bits per heavy atom. The van der Waals surface area contributed by atoms with Crippen LogP contribution >= 0.6 is 0 Å². The molecule has 0 aromatic heterocycles. The van der Waals surface area contributed by atoms with Gasteiger partial charge in [-0.2, -0.15) is 0 Å². The van der Waals surface area contributed by atoms with Crippen molar-refractivity contribution in [1.82, 2.24) is 10.0 Å². The van der Waals surface area contributed by atoms with Crippen molar-refractivity contribution >= 4 is 15.7 Å². The van der Waals surface area contributed by atoms with Gasteiger partial charge in [-0.15, -0.1) is 0 Å². The van der Waals surface area contributed by atoms with Crippen LogP contribution in [0.4, 0.5) is 5.69 Å². The van der Waals surface area contributed by atoms with Gasteiger partial charge in [0.05, 0.1) is 4.92 Å². The molecular weight excluding hydrogens is 258 g/mol. The molecule has 0 bridgehead atoms. The normalized spacial score (nSPS) is 13.2. The Balaban J connectivity index is 3.02. The molecule has 1 rings (SSSR count). The van der Waals surface area contributed by atoms with E-state index in [4.69, 9.17) is 0 Å². The molecule has 0 aliphatic rings. The first kappa shape index (κ1) is 14.6. The lowest BCUT2D eigenvalue weighted by atomic mass is 10.3. The zero-order valence-electron chi connectivity index (χ0n) is 10.1. The second kappa shape index (κ2) is 5.89. The molecule has 2 N–H and O–H groups in total. The molecule has 1 aromatic rings. The van der Waals surface area contributed by atoms with Crippen molar-refractivity contribution in [1.29, 1.82) is 0 Å². The Morgan fingerprint density at radius 3 is 2.56 bits per heavy atom. The van der Waals surface area contributed by atoms with Crippen LogP contribution in [0.25, 0.3) is 0 Å². The van der Waals surface area contributed by atoms with Gasteiger partial charge in [-0.3, -0.25) is 10.1 Å². The summed E-state index contributed by atoms with van der Waals surface area (Å²) >= 11 is 0. The number of rotatable bonds is 6. The zero-order chi connectivity index (χ0) is 13.8. The molecule has 7 nitrogen and oxygen atoms in total. The van der Waals surface area contributed by atoms with Crippen LogP contribution in [0.3, 0.4) is 0 Å². The lowest BCUT2D eigenvalue weighted by molar-refractivity contribution is -0.387. The van der Waals surface area contributed by atoms with Crippen LogP contribution in [0.15, 0.2) is 29.2 Å². The van der Waals surface area contributed by atoms with Crippen LogP contribution in [-0.4, -0.2) is 33.0 Å². The number of para-hydroxylation sites is 1. The first-order chi connectivity index (χ1) is 8.38. The van der Waals surface area contributed by atoms with Crippen molar-refractivity contribution in [3.63, 3.8) is 0 Å². The highest BCUT2D eigenvalue weighted by molar-refractivity contribution is 7.89. The molecule has 1 aromatic carbocycles. The highest BCUT2D eigenvalue weighted by Crippen LogP contribution is 2.22. The molecule has 0 heterocycles. The van der Waals surface area contributed by atoms with Crippen molar-refractivity contribution in [2.45, 2.75) is 17.9 Å². The minimum absolute atomic E-state index is 0.0671. The maximum Gasteiger partial charge on any atom is 0.289 e. The molecule has 0 spiro atoms. The standard InChI is InChI=1S/C10H15N3O4S/c1-8(11-2)7-12-18(16,17)10-6-4-3-5-9(10)13(14)15/h3-6,8,11-12H,7H2,1-2H3. The molecule has 0 saturated heterocycles. The van der Waals surface area contributed by atoms with Crippen LogP contribution in [0, 0.1) is 10.1 Å². The lowest BCUT2D eigenvalue weighted by Crippen LogP contribution is -2.37. The fraction of sp³-hybridized carbons (Fsp3) is 0.400. The van der Waals surface area contributed by atoms with E-state index < -0.39 is 20.6 Å². The van der Waals surface area contributed by atoms with E-state index in [9.17, 15) is 18.5 Å². The van der Waals surface area contributed by atoms with Crippen molar-refractivity contribution in [2.24, 2.45) is 0 Å². The molecule has 0 saturated carbocycles. The number of nitro groups is 1. The van der Waals surface area contributed by atoms with Gasteiger partial charge in [0.2, 0.25) is 10.0 Å². The summed E-state index contributed by atoms with van der Waals surface area (Å²) in [6.45, 7) is 1.95. The molecule has 100 valence electrons. The first-order valence-corrected chi connectivity index (χ1v) is 6.77. The molecular formula is C10H15N3O4S. The van der Waals surface area contributed by atoms with E-state index in [0.717, 1.165) is 6.07 Å². The van der Waals surface area contributed by atoms with Gasteiger partial charge in [0, 0.05) is 18.7 Å². The van der Waals surface area contributed by atoms with Crippen LogP contribution in [0.5, 0.6) is 0 Å². The first-order valence-electron chi connectivity index (χ1n) is 5.29. The predicted octanol–water partition coefficient (Wildman–Crippen LogP) is 0.481. The third-order valence-corrected chi connectivity index (χ3v) is 3.89. The SMILES string of the molecule is CNC(C)CNS(=O)(=O)c1ccccc1[N+](=O)[O-]. The third-order valence-electron chi connectivity index (χ3n) is 2.42. The average Bonchev–Trinajstić information content (AvgIpc) is 2.36. The molecule has 1 atom stereocenters. The topological polar surface area (TPSA) is 101 Å². The quantitative estimate of drug-likeness (QED) is 0.580. The second-order valence-electron chi connectivity index (χ2n) is 3.77. The number of sulfonamides is 1. The summed E-state index contributed by atoms with van der Waals surface area (Å²) in [7, 11) is -2.17. The molecule has 0 radical (unpaired) electrons. The number of nitrogens with zero attached hydrogens (tertiary/aromatic N) is 1. The summed E-state index contributed by atoms with van der Waals surface area (Å²) in [6, 6.07) is 5.18. The molecule has 0 aliphatic carbocycles. The Morgan fingerprint density at radius 2 is 2.00 bits per heavy atom. The van der Waals surface area contributed by atoms with Gasteiger partial charge in [0.25, 0.3) is 5.69 Å².